The first-order valence-corrected chi connectivity index (χ1v) is 21.4. The Morgan fingerprint density at radius 2 is 0.935 bits per heavy atom. The van der Waals surface area contributed by atoms with E-state index < -0.39 is 11.9 Å². The summed E-state index contributed by atoms with van der Waals surface area (Å²) in [5, 5.41) is 20.9. The van der Waals surface area contributed by atoms with E-state index >= 15 is 0 Å². The lowest BCUT2D eigenvalue weighted by Crippen LogP contribution is -2.10. The second-order valence-electron chi connectivity index (χ2n) is 17.7. The second kappa shape index (κ2) is 19.9. The third kappa shape index (κ3) is 10.4. The summed E-state index contributed by atoms with van der Waals surface area (Å²) in [7, 11) is 3.06. The molecule has 0 amide bonds. The van der Waals surface area contributed by atoms with Crippen LogP contribution in [0.4, 0.5) is 0 Å². The lowest BCUT2D eigenvalue weighted by molar-refractivity contribution is 0.0491. The number of fused-ring (bicyclic) bond motifs is 2. The Labute approximate surface area is 364 Å². The molecule has 4 aromatic carbocycles. The first-order valence-electron chi connectivity index (χ1n) is 21.4. The first kappa shape index (κ1) is 45.7. The number of esters is 2. The molecule has 0 bridgehead atoms. The fraction of sp³-hybridized carbons (Fsp3) is 0.385. The molecular formula is C52H60O10. The van der Waals surface area contributed by atoms with Crippen LogP contribution >= 0.6 is 0 Å². The van der Waals surface area contributed by atoms with E-state index in [0.717, 1.165) is 47.9 Å². The smallest absolute Gasteiger partial charge is 0.342 e. The third-order valence-electron chi connectivity index (χ3n) is 11.0. The molecule has 0 aliphatic rings. The summed E-state index contributed by atoms with van der Waals surface area (Å²) in [5.41, 5.74) is 6.39. The molecule has 2 aromatic heterocycles. The van der Waals surface area contributed by atoms with Crippen molar-refractivity contribution in [2.45, 2.75) is 104 Å². The molecule has 328 valence electrons. The maximum atomic E-state index is 13.7. The number of allylic oxidation sites excluding steroid dienone is 2. The summed E-state index contributed by atoms with van der Waals surface area (Å²) in [6.07, 6.45) is 8.94. The zero-order valence-electron chi connectivity index (χ0n) is 37.3. The molecule has 6 aromatic rings. The summed E-state index contributed by atoms with van der Waals surface area (Å²) >= 11 is 0. The van der Waals surface area contributed by atoms with Gasteiger partial charge in [-0.2, -0.15) is 0 Å². The highest BCUT2D eigenvalue weighted by molar-refractivity contribution is 6.11. The summed E-state index contributed by atoms with van der Waals surface area (Å²) < 4.78 is 35.3. The highest BCUT2D eigenvalue weighted by Crippen LogP contribution is 2.42. The fourth-order valence-corrected chi connectivity index (χ4v) is 7.43. The first-order chi connectivity index (χ1) is 29.7. The molecule has 0 spiro atoms. The van der Waals surface area contributed by atoms with Crippen molar-refractivity contribution in [1.29, 1.82) is 0 Å². The van der Waals surface area contributed by atoms with Crippen molar-refractivity contribution in [1.82, 2.24) is 0 Å². The van der Waals surface area contributed by atoms with Crippen molar-refractivity contribution >= 4 is 33.9 Å². The largest absolute Gasteiger partial charge is 0.493 e. The Bertz CT molecular complexity index is 2330. The lowest BCUT2D eigenvalue weighted by atomic mass is 9.86. The number of aliphatic hydroxyl groups excluding tert-OH is 2. The molecule has 0 fully saturated rings. The molecule has 10 nitrogen and oxygen atoms in total. The number of carbonyl (C=O) groups excluding carboxylic acids is 2. The van der Waals surface area contributed by atoms with Crippen LogP contribution in [0.2, 0.25) is 0 Å². The van der Waals surface area contributed by atoms with Gasteiger partial charge in [-0.3, -0.25) is 0 Å². The highest BCUT2D eigenvalue weighted by atomic mass is 16.5. The number of furan rings is 2. The summed E-state index contributed by atoms with van der Waals surface area (Å²) in [6, 6.07) is 22.9. The van der Waals surface area contributed by atoms with Crippen LogP contribution in [0.1, 0.15) is 123 Å². The van der Waals surface area contributed by atoms with Crippen molar-refractivity contribution in [3.05, 3.63) is 118 Å². The minimum atomic E-state index is -0.492. The Hall–Kier alpha value is -5.84. The van der Waals surface area contributed by atoms with E-state index in [1.165, 1.54) is 14.2 Å². The van der Waals surface area contributed by atoms with Gasteiger partial charge in [0.25, 0.3) is 0 Å². The standard InChI is InChI=1S/C52H60O10/c1-51(2,3)37-21-17-35(18-22-37)45-43(39-27-33(31-53)29-41(57-7)47(39)61-45)49(55)59-25-15-13-11-9-10-12-14-16-26-60-50(56)44-40-28-34(32-54)30-42(58-8)48(40)62-46(44)36-19-23-38(24-20-36)52(4,5)6/h9-10,17-24,27-30,53-54H,11-16,25-26,31-32H2,1-8H3/b10-9+. The van der Waals surface area contributed by atoms with Gasteiger partial charge in [0, 0.05) is 21.9 Å². The van der Waals surface area contributed by atoms with Gasteiger partial charge >= 0.3 is 11.9 Å². The van der Waals surface area contributed by atoms with E-state index in [0.29, 0.717) is 80.1 Å². The SMILES string of the molecule is COc1cc(CO)cc2c(C(=O)OCCCC/C=C/CCCCOC(=O)c3c(-c4ccc(C(C)(C)C)cc4)oc4c(OC)cc(CO)cc34)c(-c3ccc(C(C)(C)C)cc3)oc12. The average molecular weight is 845 g/mol. The molecule has 6 rings (SSSR count). The van der Waals surface area contributed by atoms with Crippen molar-refractivity contribution < 1.29 is 47.6 Å². The Kier molecular flexibility index (Phi) is 14.7. The number of hydrogen-bond acceptors (Lipinski definition) is 10. The average Bonchev–Trinajstić information content (AvgIpc) is 3.85. The van der Waals surface area contributed by atoms with Gasteiger partial charge in [-0.1, -0.05) is 102 Å². The van der Waals surface area contributed by atoms with Crippen LogP contribution in [-0.4, -0.2) is 49.6 Å². The molecule has 62 heavy (non-hydrogen) atoms. The zero-order chi connectivity index (χ0) is 44.6. The van der Waals surface area contributed by atoms with E-state index in [9.17, 15) is 19.8 Å². The van der Waals surface area contributed by atoms with Gasteiger partial charge in [0.1, 0.15) is 22.6 Å². The normalized spacial score (nSPS) is 12.1. The number of rotatable bonds is 18. The number of aliphatic hydroxyl groups is 2. The van der Waals surface area contributed by atoms with E-state index in [-0.39, 0.29) is 37.3 Å². The van der Waals surface area contributed by atoms with Crippen molar-refractivity contribution in [2.24, 2.45) is 0 Å². The Morgan fingerprint density at radius 1 is 0.565 bits per heavy atom. The van der Waals surface area contributed by atoms with E-state index in [1.807, 2.05) is 48.5 Å². The van der Waals surface area contributed by atoms with Gasteiger partial charge in [0.05, 0.1) is 40.6 Å². The number of hydrogen-bond donors (Lipinski definition) is 2. The fourth-order valence-electron chi connectivity index (χ4n) is 7.43. The predicted octanol–water partition coefficient (Wildman–Crippen LogP) is 12.0. The van der Waals surface area contributed by atoms with Crippen LogP contribution in [0.5, 0.6) is 11.5 Å². The molecule has 0 aliphatic carbocycles. The molecule has 2 N–H and O–H groups in total. The van der Waals surface area contributed by atoms with Crippen LogP contribution in [0, 0.1) is 0 Å². The molecular weight excluding hydrogens is 785 g/mol. The number of ether oxygens (including phenoxy) is 4. The van der Waals surface area contributed by atoms with Crippen LogP contribution in [0.15, 0.2) is 93.8 Å². The number of unbranched alkanes of at least 4 members (excludes halogenated alkanes) is 4. The van der Waals surface area contributed by atoms with E-state index in [4.69, 9.17) is 27.8 Å². The van der Waals surface area contributed by atoms with Gasteiger partial charge < -0.3 is 38.0 Å². The molecule has 0 radical (unpaired) electrons. The summed E-state index contributed by atoms with van der Waals surface area (Å²) in [6.45, 7) is 12.9. The minimum Gasteiger partial charge on any atom is -0.493 e. The number of carbonyl (C=O) groups is 2. The van der Waals surface area contributed by atoms with E-state index in [2.05, 4.69) is 53.7 Å². The van der Waals surface area contributed by atoms with E-state index in [1.54, 1.807) is 24.3 Å². The molecule has 2 heterocycles. The highest BCUT2D eigenvalue weighted by Gasteiger charge is 2.28. The van der Waals surface area contributed by atoms with Crippen LogP contribution in [0.25, 0.3) is 44.6 Å². The van der Waals surface area contributed by atoms with Crippen LogP contribution in [0.3, 0.4) is 0 Å². The van der Waals surface area contributed by atoms with Crippen molar-refractivity contribution in [3.8, 4) is 34.1 Å². The van der Waals surface area contributed by atoms with Crippen LogP contribution in [-0.2, 0) is 33.5 Å². The molecule has 0 saturated carbocycles. The van der Waals surface area contributed by atoms with Gasteiger partial charge in [0.15, 0.2) is 22.7 Å². The Morgan fingerprint density at radius 3 is 1.26 bits per heavy atom. The van der Waals surface area contributed by atoms with Crippen LogP contribution < -0.4 is 9.47 Å². The quantitative estimate of drug-likeness (QED) is 0.0488. The van der Waals surface area contributed by atoms with Gasteiger partial charge in [0.2, 0.25) is 0 Å². The van der Waals surface area contributed by atoms with Crippen molar-refractivity contribution in [2.75, 3.05) is 27.4 Å². The summed E-state index contributed by atoms with van der Waals surface area (Å²) in [5.74, 6) is 0.675. The lowest BCUT2D eigenvalue weighted by Gasteiger charge is -2.19. The monoisotopic (exact) mass is 844 g/mol. The predicted molar refractivity (Wildman–Crippen MR) is 243 cm³/mol. The Balaban J connectivity index is 1.00. The third-order valence-corrected chi connectivity index (χ3v) is 11.0. The molecule has 0 aliphatic heterocycles. The molecule has 10 heteroatoms. The van der Waals surface area contributed by atoms with Crippen molar-refractivity contribution in [3.63, 3.8) is 0 Å². The van der Waals surface area contributed by atoms with Gasteiger partial charge in [-0.05, 0) is 95.9 Å². The molecule has 0 unspecified atom stereocenters. The maximum absolute atomic E-state index is 13.7. The number of methoxy groups -OCH3 is 2. The maximum Gasteiger partial charge on any atom is 0.342 e. The second-order valence-corrected chi connectivity index (χ2v) is 17.7. The molecule has 0 atom stereocenters. The summed E-state index contributed by atoms with van der Waals surface area (Å²) in [4.78, 5) is 27.4. The van der Waals surface area contributed by atoms with Gasteiger partial charge in [-0.25, -0.2) is 9.59 Å². The topological polar surface area (TPSA) is 138 Å². The van der Waals surface area contributed by atoms with Gasteiger partial charge in [-0.15, -0.1) is 0 Å². The molecule has 0 saturated heterocycles. The zero-order valence-corrected chi connectivity index (χ0v) is 37.3. The minimum absolute atomic E-state index is 0.0352. The number of benzene rings is 4.